The molecule has 8 heteroatoms. The molecule has 1 saturated heterocycles. The van der Waals surface area contributed by atoms with Crippen LogP contribution in [0.5, 0.6) is 0 Å². The number of benzene rings is 1. The number of carboxylic acids is 1. The van der Waals surface area contributed by atoms with Crippen LogP contribution in [0.2, 0.25) is 10.0 Å². The Hall–Kier alpha value is -2.31. The Morgan fingerprint density at radius 1 is 1.18 bits per heavy atom. The van der Waals surface area contributed by atoms with Gasteiger partial charge in [0.1, 0.15) is 5.82 Å². The standard InChI is InChI=1S/C25H30Cl2N4O2/c1-14(2)22-16(5)28-21-12-20(18-8-7-17(26)11-19(18)27)29-31(21)23(22)30-10-6-9-25(13-30,15(3)4)24(32)33/h7-8,11-12,14-15H,6,9-10,13H2,1-5H3,(H,32,33)/t25-/m1/s1. The van der Waals surface area contributed by atoms with Crippen molar-refractivity contribution in [1.29, 1.82) is 0 Å². The van der Waals surface area contributed by atoms with Crippen LogP contribution < -0.4 is 4.90 Å². The van der Waals surface area contributed by atoms with Gasteiger partial charge in [-0.3, -0.25) is 4.79 Å². The molecule has 4 rings (SSSR count). The minimum atomic E-state index is -0.800. The van der Waals surface area contributed by atoms with Gasteiger partial charge in [0.25, 0.3) is 0 Å². The van der Waals surface area contributed by atoms with E-state index in [2.05, 4.69) is 18.7 Å². The van der Waals surface area contributed by atoms with E-state index < -0.39 is 11.4 Å². The number of piperidine rings is 1. The average molecular weight is 489 g/mol. The molecule has 1 aromatic carbocycles. The maximum absolute atomic E-state index is 12.4. The molecule has 0 aliphatic carbocycles. The van der Waals surface area contributed by atoms with Crippen molar-refractivity contribution >= 4 is 40.6 Å². The smallest absolute Gasteiger partial charge is 0.311 e. The Bertz CT molecular complexity index is 1220. The van der Waals surface area contributed by atoms with E-state index in [-0.39, 0.29) is 11.8 Å². The highest BCUT2D eigenvalue weighted by molar-refractivity contribution is 6.36. The number of carboxylic acid groups (broad SMARTS) is 1. The summed E-state index contributed by atoms with van der Waals surface area (Å²) in [5.41, 5.74) is 3.41. The third-order valence-corrected chi connectivity index (χ3v) is 7.49. The molecule has 1 aliphatic rings. The molecule has 0 saturated carbocycles. The first kappa shape index (κ1) is 23.8. The first-order valence-electron chi connectivity index (χ1n) is 11.4. The van der Waals surface area contributed by atoms with Gasteiger partial charge >= 0.3 is 5.97 Å². The van der Waals surface area contributed by atoms with Gasteiger partial charge in [-0.1, -0.05) is 50.9 Å². The van der Waals surface area contributed by atoms with Gasteiger partial charge in [0, 0.05) is 41.0 Å². The van der Waals surface area contributed by atoms with Crippen molar-refractivity contribution in [3.63, 3.8) is 0 Å². The van der Waals surface area contributed by atoms with Gasteiger partial charge in [0.15, 0.2) is 5.65 Å². The van der Waals surface area contributed by atoms with Crippen molar-refractivity contribution in [1.82, 2.24) is 14.6 Å². The van der Waals surface area contributed by atoms with Crippen LogP contribution >= 0.6 is 23.2 Å². The Kier molecular flexibility index (Phi) is 6.36. The largest absolute Gasteiger partial charge is 0.481 e. The minimum absolute atomic E-state index is 0.0137. The summed E-state index contributed by atoms with van der Waals surface area (Å²) in [4.78, 5) is 19.5. The molecule has 6 nitrogen and oxygen atoms in total. The van der Waals surface area contributed by atoms with E-state index >= 15 is 0 Å². The molecule has 0 bridgehead atoms. The lowest BCUT2D eigenvalue weighted by atomic mass is 9.71. The number of anilines is 1. The number of halogens is 2. The predicted octanol–water partition coefficient (Wildman–Crippen LogP) is 6.46. The van der Waals surface area contributed by atoms with Gasteiger partial charge in [-0.05, 0) is 49.8 Å². The van der Waals surface area contributed by atoms with E-state index in [0.29, 0.717) is 34.4 Å². The number of hydrogen-bond donors (Lipinski definition) is 1. The van der Waals surface area contributed by atoms with Crippen molar-refractivity contribution in [2.24, 2.45) is 11.3 Å². The fourth-order valence-corrected chi connectivity index (χ4v) is 5.59. The Morgan fingerprint density at radius 2 is 1.91 bits per heavy atom. The fraction of sp³-hybridized carbons (Fsp3) is 0.480. The van der Waals surface area contributed by atoms with E-state index in [9.17, 15) is 9.90 Å². The van der Waals surface area contributed by atoms with Gasteiger partial charge in [-0.15, -0.1) is 0 Å². The second-order valence-electron chi connectivity index (χ2n) is 9.65. The van der Waals surface area contributed by atoms with Crippen LogP contribution in [0.4, 0.5) is 5.82 Å². The molecule has 0 spiro atoms. The van der Waals surface area contributed by atoms with Crippen LogP contribution in [0.1, 0.15) is 57.7 Å². The van der Waals surface area contributed by atoms with Crippen molar-refractivity contribution < 1.29 is 9.90 Å². The van der Waals surface area contributed by atoms with Crippen molar-refractivity contribution in [2.75, 3.05) is 18.0 Å². The normalized spacial score (nSPS) is 19.1. The number of aromatic nitrogens is 3. The van der Waals surface area contributed by atoms with Gasteiger partial charge in [0.05, 0.1) is 16.1 Å². The lowest BCUT2D eigenvalue weighted by Gasteiger charge is -2.44. The van der Waals surface area contributed by atoms with Crippen molar-refractivity contribution in [3.8, 4) is 11.3 Å². The molecular formula is C25H30Cl2N4O2. The third-order valence-electron chi connectivity index (χ3n) is 6.94. The molecule has 33 heavy (non-hydrogen) atoms. The summed E-state index contributed by atoms with van der Waals surface area (Å²) in [6, 6.07) is 7.28. The Labute approximate surface area is 204 Å². The Balaban J connectivity index is 1.93. The maximum Gasteiger partial charge on any atom is 0.311 e. The van der Waals surface area contributed by atoms with Crippen molar-refractivity contribution in [3.05, 3.63) is 45.6 Å². The predicted molar refractivity (Wildman–Crippen MR) is 134 cm³/mol. The molecule has 1 N–H and O–H groups in total. The van der Waals surface area contributed by atoms with Crippen molar-refractivity contribution in [2.45, 2.75) is 53.4 Å². The van der Waals surface area contributed by atoms with Gasteiger partial charge < -0.3 is 10.0 Å². The number of fused-ring (bicyclic) bond motifs is 1. The van der Waals surface area contributed by atoms with E-state index in [1.807, 2.05) is 37.4 Å². The molecule has 1 fully saturated rings. The summed E-state index contributed by atoms with van der Waals surface area (Å²) in [6.45, 7) is 11.5. The molecule has 0 amide bonds. The molecule has 2 aromatic heterocycles. The highest BCUT2D eigenvalue weighted by atomic mass is 35.5. The fourth-order valence-electron chi connectivity index (χ4n) is 5.08. The molecule has 3 aromatic rings. The maximum atomic E-state index is 12.4. The molecule has 176 valence electrons. The van der Waals surface area contributed by atoms with E-state index in [1.54, 1.807) is 12.1 Å². The number of carbonyl (C=O) groups is 1. The summed E-state index contributed by atoms with van der Waals surface area (Å²) < 4.78 is 1.86. The number of nitrogens with zero attached hydrogens (tertiary/aromatic N) is 4. The van der Waals surface area contributed by atoms with E-state index in [0.717, 1.165) is 35.6 Å². The van der Waals surface area contributed by atoms with Crippen LogP contribution in [0.25, 0.3) is 16.9 Å². The highest BCUT2D eigenvalue weighted by Crippen LogP contribution is 2.42. The summed E-state index contributed by atoms with van der Waals surface area (Å²) in [6.07, 6.45) is 1.48. The van der Waals surface area contributed by atoms with Gasteiger partial charge in [-0.25, -0.2) is 4.98 Å². The van der Waals surface area contributed by atoms with Crippen LogP contribution in [-0.4, -0.2) is 38.8 Å². The van der Waals surface area contributed by atoms with Crippen LogP contribution in [0.15, 0.2) is 24.3 Å². The number of aliphatic carboxylic acids is 1. The molecule has 0 unspecified atom stereocenters. The average Bonchev–Trinajstić information content (AvgIpc) is 3.15. The van der Waals surface area contributed by atoms with E-state index in [4.69, 9.17) is 33.3 Å². The first-order valence-corrected chi connectivity index (χ1v) is 12.1. The number of hydrogen-bond acceptors (Lipinski definition) is 4. The van der Waals surface area contributed by atoms with E-state index in [1.165, 1.54) is 0 Å². The van der Waals surface area contributed by atoms with Crippen LogP contribution in [0, 0.1) is 18.3 Å². The summed E-state index contributed by atoms with van der Waals surface area (Å²) >= 11 is 12.6. The quantitative estimate of drug-likeness (QED) is 0.445. The zero-order valence-corrected chi connectivity index (χ0v) is 21.2. The number of aryl methyl sites for hydroxylation is 1. The summed E-state index contributed by atoms with van der Waals surface area (Å²) in [5, 5.41) is 16.2. The zero-order chi connectivity index (χ0) is 24.1. The molecule has 1 atom stereocenters. The number of rotatable bonds is 5. The zero-order valence-electron chi connectivity index (χ0n) is 19.7. The SMILES string of the molecule is Cc1nc2cc(-c3ccc(Cl)cc3Cl)nn2c(N2CCC[C@](C(=O)O)(C(C)C)C2)c1C(C)C. The van der Waals surface area contributed by atoms with Gasteiger partial charge in [0.2, 0.25) is 0 Å². The molecular weight excluding hydrogens is 459 g/mol. The van der Waals surface area contributed by atoms with Crippen LogP contribution in [-0.2, 0) is 4.79 Å². The summed E-state index contributed by atoms with van der Waals surface area (Å²) in [7, 11) is 0. The third kappa shape index (κ3) is 4.08. The lowest BCUT2D eigenvalue weighted by molar-refractivity contribution is -0.152. The van der Waals surface area contributed by atoms with Crippen LogP contribution in [0.3, 0.4) is 0 Å². The topological polar surface area (TPSA) is 70.7 Å². The second-order valence-corrected chi connectivity index (χ2v) is 10.5. The molecule has 3 heterocycles. The first-order chi connectivity index (χ1) is 15.5. The summed E-state index contributed by atoms with van der Waals surface area (Å²) in [5.74, 6) is 0.405. The monoisotopic (exact) mass is 488 g/mol. The Morgan fingerprint density at radius 3 is 2.52 bits per heavy atom. The molecule has 0 radical (unpaired) electrons. The molecule has 1 aliphatic heterocycles. The second kappa shape index (κ2) is 8.80. The minimum Gasteiger partial charge on any atom is -0.481 e. The highest BCUT2D eigenvalue weighted by Gasteiger charge is 2.46. The lowest BCUT2D eigenvalue weighted by Crippen LogP contribution is -2.51. The van der Waals surface area contributed by atoms with Gasteiger partial charge in [-0.2, -0.15) is 9.61 Å².